The molecule has 10 heteroatoms. The summed E-state index contributed by atoms with van der Waals surface area (Å²) in [6, 6.07) is -0.443. The number of carboxylic acids is 1. The Hall–Kier alpha value is -1.62. The number of carboxylic acid groups (broad SMARTS) is 1. The van der Waals surface area contributed by atoms with E-state index < -0.39 is 17.1 Å². The summed E-state index contributed by atoms with van der Waals surface area (Å²) in [5.41, 5.74) is 1.44. The van der Waals surface area contributed by atoms with Crippen LogP contribution in [0.15, 0.2) is 24.4 Å². The van der Waals surface area contributed by atoms with Crippen molar-refractivity contribution >= 4 is 35.1 Å². The fourth-order valence-corrected chi connectivity index (χ4v) is 4.46. The molecule has 132 valence electrons. The predicted octanol–water partition coefficient (Wildman–Crippen LogP) is 0.856. The van der Waals surface area contributed by atoms with Gasteiger partial charge in [-0.05, 0) is 6.92 Å². The Morgan fingerprint density at radius 2 is 2.38 bits per heavy atom. The van der Waals surface area contributed by atoms with E-state index in [9.17, 15) is 9.59 Å². The van der Waals surface area contributed by atoms with Gasteiger partial charge in [-0.15, -0.1) is 17.9 Å². The topological polar surface area (TPSA) is 115 Å². The summed E-state index contributed by atoms with van der Waals surface area (Å²) in [6.45, 7) is 6.30. The van der Waals surface area contributed by atoms with Crippen molar-refractivity contribution < 1.29 is 14.7 Å². The van der Waals surface area contributed by atoms with Crippen molar-refractivity contribution in [3.05, 3.63) is 29.2 Å². The molecule has 0 radical (unpaired) electrons. The molecule has 1 aromatic heterocycles. The highest BCUT2D eigenvalue weighted by atomic mass is 32.2. The van der Waals surface area contributed by atoms with E-state index in [2.05, 4.69) is 39.8 Å². The number of thiazole rings is 1. The van der Waals surface area contributed by atoms with Crippen LogP contribution in [0.2, 0.25) is 0 Å². The quantitative estimate of drug-likeness (QED) is 0.340. The number of amides is 2. The number of aliphatic carboxylic acids is 1. The first kappa shape index (κ1) is 18.7. The third-order valence-electron chi connectivity index (χ3n) is 3.41. The van der Waals surface area contributed by atoms with Crippen LogP contribution in [0, 0.1) is 0 Å². The average molecular weight is 371 g/mol. The fourth-order valence-electron chi connectivity index (χ4n) is 2.24. The lowest BCUT2D eigenvalue weighted by Crippen LogP contribution is -2.67. The van der Waals surface area contributed by atoms with Gasteiger partial charge in [-0.1, -0.05) is 17.8 Å². The van der Waals surface area contributed by atoms with Crippen LogP contribution in [0.3, 0.4) is 0 Å². The normalized spacial score (nSPS) is 26.0. The molecule has 0 aliphatic carbocycles. The molecule has 0 aromatic carbocycles. The van der Waals surface area contributed by atoms with E-state index in [1.807, 2.05) is 6.20 Å². The summed E-state index contributed by atoms with van der Waals surface area (Å²) in [5.74, 6) is -0.227. The Kier molecular flexibility index (Phi) is 6.21. The van der Waals surface area contributed by atoms with Crippen LogP contribution in [0.5, 0.6) is 0 Å². The number of carbonyl (C=O) groups excluding carboxylic acids is 1. The Bertz CT molecular complexity index is 597. The summed E-state index contributed by atoms with van der Waals surface area (Å²) >= 11 is 3.07. The molecular weight excluding hydrogens is 350 g/mol. The molecule has 1 fully saturated rings. The molecule has 1 saturated heterocycles. The lowest BCUT2D eigenvalue weighted by Gasteiger charge is -2.33. The molecule has 0 saturated carbocycles. The van der Waals surface area contributed by atoms with Gasteiger partial charge in [0.1, 0.15) is 0 Å². The van der Waals surface area contributed by atoms with E-state index in [-0.39, 0.29) is 18.5 Å². The lowest BCUT2D eigenvalue weighted by atomic mass is 10.0. The van der Waals surface area contributed by atoms with Crippen LogP contribution in [0.4, 0.5) is 4.79 Å². The summed E-state index contributed by atoms with van der Waals surface area (Å²) in [7, 11) is 0. The molecule has 2 heterocycles. The number of nitrogens with zero attached hydrogens (tertiary/aromatic N) is 1. The summed E-state index contributed by atoms with van der Waals surface area (Å²) in [6.07, 6.45) is 3.39. The van der Waals surface area contributed by atoms with Gasteiger partial charge in [0.05, 0.1) is 17.5 Å². The number of urea groups is 1. The summed E-state index contributed by atoms with van der Waals surface area (Å²) < 4.78 is 0. The molecule has 24 heavy (non-hydrogen) atoms. The minimum atomic E-state index is -0.957. The Morgan fingerprint density at radius 1 is 1.58 bits per heavy atom. The monoisotopic (exact) mass is 371 g/mol. The zero-order valence-corrected chi connectivity index (χ0v) is 14.9. The van der Waals surface area contributed by atoms with Crippen molar-refractivity contribution in [3.8, 4) is 0 Å². The van der Waals surface area contributed by atoms with E-state index in [0.717, 1.165) is 10.6 Å². The molecule has 5 N–H and O–H groups in total. The molecule has 1 aromatic rings. The number of aromatic nitrogens is 1. The summed E-state index contributed by atoms with van der Waals surface area (Å²) in [4.78, 5) is 27.8. The van der Waals surface area contributed by atoms with Gasteiger partial charge in [0, 0.05) is 29.9 Å². The zero-order chi connectivity index (χ0) is 17.6. The third-order valence-corrected chi connectivity index (χ3v) is 5.95. The number of hydrogen-bond donors (Lipinski definition) is 5. The van der Waals surface area contributed by atoms with Crippen LogP contribution in [0.1, 0.15) is 18.2 Å². The lowest BCUT2D eigenvalue weighted by molar-refractivity contribution is -0.136. The molecule has 0 spiro atoms. The summed E-state index contributed by atoms with van der Waals surface area (Å²) in [5, 5.41) is 19.8. The number of hydrogen-bond acceptors (Lipinski definition) is 7. The van der Waals surface area contributed by atoms with E-state index in [0.29, 0.717) is 6.54 Å². The highest BCUT2D eigenvalue weighted by Crippen LogP contribution is 2.39. The van der Waals surface area contributed by atoms with Gasteiger partial charge in [0.2, 0.25) is 0 Å². The average Bonchev–Trinajstić information content (AvgIpc) is 3.15. The van der Waals surface area contributed by atoms with E-state index in [1.165, 1.54) is 11.8 Å². The van der Waals surface area contributed by atoms with Gasteiger partial charge in [0.15, 0.2) is 5.12 Å². The van der Waals surface area contributed by atoms with E-state index >= 15 is 0 Å². The smallest absolute Gasteiger partial charge is 0.317 e. The SMILES string of the molecule is C=CCNC1(NC(=O)NCCC(=O)O)NC(C)(c2cncs2)CS1. The minimum absolute atomic E-state index is 0.0650. The molecule has 0 bridgehead atoms. The van der Waals surface area contributed by atoms with Crippen molar-refractivity contribution in [1.29, 1.82) is 0 Å². The van der Waals surface area contributed by atoms with Crippen LogP contribution in [0.25, 0.3) is 0 Å². The van der Waals surface area contributed by atoms with Crippen molar-refractivity contribution in [2.45, 2.75) is 24.0 Å². The highest BCUT2D eigenvalue weighted by Gasteiger charge is 2.48. The molecule has 2 amide bonds. The van der Waals surface area contributed by atoms with Gasteiger partial charge < -0.3 is 10.4 Å². The first-order valence-electron chi connectivity index (χ1n) is 7.35. The van der Waals surface area contributed by atoms with Crippen molar-refractivity contribution in [3.63, 3.8) is 0 Å². The van der Waals surface area contributed by atoms with E-state index in [1.54, 1.807) is 22.9 Å². The van der Waals surface area contributed by atoms with Crippen molar-refractivity contribution in [1.82, 2.24) is 26.3 Å². The fraction of sp³-hybridized carbons (Fsp3) is 0.500. The van der Waals surface area contributed by atoms with Gasteiger partial charge in [-0.25, -0.2) is 4.79 Å². The second-order valence-electron chi connectivity index (χ2n) is 5.49. The van der Waals surface area contributed by atoms with Crippen LogP contribution in [-0.2, 0) is 10.3 Å². The standard InChI is InChI=1S/C14H21N5O3S2/c1-3-5-17-14(18-12(22)16-6-4-11(20)21)19-13(2,8-24-14)10-7-15-9-23-10/h3,7,9,17,19H,1,4-6,8H2,2H3,(H,20,21)(H2,16,18,22). The number of thioether (sulfide) groups is 1. The molecule has 2 rings (SSSR count). The third kappa shape index (κ3) is 4.69. The van der Waals surface area contributed by atoms with Gasteiger partial charge >= 0.3 is 12.0 Å². The first-order chi connectivity index (χ1) is 11.4. The molecule has 2 unspecified atom stereocenters. The van der Waals surface area contributed by atoms with Crippen LogP contribution in [-0.4, -0.2) is 46.1 Å². The molecule has 8 nitrogen and oxygen atoms in total. The van der Waals surface area contributed by atoms with Crippen molar-refractivity contribution in [2.75, 3.05) is 18.8 Å². The largest absolute Gasteiger partial charge is 0.481 e. The van der Waals surface area contributed by atoms with Gasteiger partial charge in [-0.3, -0.25) is 25.7 Å². The molecule has 2 atom stereocenters. The van der Waals surface area contributed by atoms with Gasteiger partial charge in [0.25, 0.3) is 0 Å². The molecule has 1 aliphatic heterocycles. The van der Waals surface area contributed by atoms with Crippen LogP contribution >= 0.6 is 23.1 Å². The van der Waals surface area contributed by atoms with Gasteiger partial charge in [-0.2, -0.15) is 0 Å². The van der Waals surface area contributed by atoms with Crippen LogP contribution < -0.4 is 21.3 Å². The maximum atomic E-state index is 12.1. The Balaban J connectivity index is 2.03. The van der Waals surface area contributed by atoms with Crippen molar-refractivity contribution in [2.24, 2.45) is 0 Å². The maximum absolute atomic E-state index is 12.1. The minimum Gasteiger partial charge on any atom is -0.481 e. The Labute approximate surface area is 148 Å². The first-order valence-corrected chi connectivity index (χ1v) is 9.22. The molecule has 1 aliphatic rings. The van der Waals surface area contributed by atoms with E-state index in [4.69, 9.17) is 5.11 Å². The molecular formula is C14H21N5O3S2. The second kappa shape index (κ2) is 7.97. The number of rotatable bonds is 8. The highest BCUT2D eigenvalue weighted by molar-refractivity contribution is 8.00. The number of nitrogens with one attached hydrogen (secondary N) is 4. The Morgan fingerprint density at radius 3 is 3.00 bits per heavy atom. The predicted molar refractivity (Wildman–Crippen MR) is 94.8 cm³/mol. The number of carbonyl (C=O) groups is 2. The second-order valence-corrected chi connectivity index (χ2v) is 7.56. The zero-order valence-electron chi connectivity index (χ0n) is 13.3. The maximum Gasteiger partial charge on any atom is 0.317 e.